The van der Waals surface area contributed by atoms with Gasteiger partial charge in [-0.05, 0) is 46.5 Å². The van der Waals surface area contributed by atoms with E-state index in [1.54, 1.807) is 12.1 Å². The number of hydrogen-bond donors (Lipinski definition) is 0. The molecule has 1 aromatic carbocycles. The number of hydrogen-bond acceptors (Lipinski definition) is 6. The molecule has 1 aliphatic heterocycles. The Hall–Kier alpha value is -2.80. The van der Waals surface area contributed by atoms with Gasteiger partial charge in [0.15, 0.2) is 0 Å². The molecule has 0 saturated carbocycles. The highest BCUT2D eigenvalue weighted by atomic mass is 32.2. The molecule has 0 atom stereocenters. The van der Waals surface area contributed by atoms with Crippen molar-refractivity contribution in [3.63, 3.8) is 0 Å². The summed E-state index contributed by atoms with van der Waals surface area (Å²) in [6.45, 7) is 6.36. The van der Waals surface area contributed by atoms with Gasteiger partial charge in [0.2, 0.25) is 5.76 Å². The van der Waals surface area contributed by atoms with Gasteiger partial charge in [0, 0.05) is 0 Å². The third-order valence-electron chi connectivity index (χ3n) is 4.31. The molecule has 7 heteroatoms. The van der Waals surface area contributed by atoms with E-state index in [2.05, 4.69) is 25.5 Å². The van der Waals surface area contributed by atoms with Crippen molar-refractivity contribution >= 4 is 35.0 Å². The van der Waals surface area contributed by atoms with Crippen LogP contribution in [0.1, 0.15) is 48.2 Å². The number of imide groups is 1. The smallest absolute Gasteiger partial charge is 0.373 e. The Bertz CT molecular complexity index is 950. The first-order valence-corrected chi connectivity index (χ1v) is 9.53. The first-order chi connectivity index (χ1) is 13.2. The quantitative estimate of drug-likeness (QED) is 0.552. The van der Waals surface area contributed by atoms with E-state index in [9.17, 15) is 14.4 Å². The maximum atomic E-state index is 12.6. The van der Waals surface area contributed by atoms with Crippen LogP contribution in [0, 0.1) is 0 Å². The highest BCUT2D eigenvalue weighted by Gasteiger charge is 2.35. The number of carbonyl (C=O) groups is 3. The van der Waals surface area contributed by atoms with Crippen LogP contribution in [0.15, 0.2) is 45.7 Å². The number of nitrogens with zero attached hydrogens (tertiary/aromatic N) is 1. The third kappa shape index (κ3) is 4.20. The lowest BCUT2D eigenvalue weighted by atomic mass is 9.87. The maximum Gasteiger partial charge on any atom is 0.373 e. The number of rotatable bonds is 4. The van der Waals surface area contributed by atoms with Crippen molar-refractivity contribution in [3.05, 3.63) is 64.0 Å². The molecule has 6 nitrogen and oxygen atoms in total. The summed E-state index contributed by atoms with van der Waals surface area (Å²) in [6, 6.07) is 10.9. The van der Waals surface area contributed by atoms with Crippen LogP contribution in [0.3, 0.4) is 0 Å². The normalized spacial score (nSPS) is 16.1. The number of methoxy groups -OCH3 is 1. The fraction of sp³-hybridized carbons (Fsp3) is 0.286. The van der Waals surface area contributed by atoms with Crippen LogP contribution in [0.5, 0.6) is 0 Å². The second-order valence-corrected chi connectivity index (χ2v) is 8.39. The summed E-state index contributed by atoms with van der Waals surface area (Å²) in [5.74, 6) is -0.637. The second kappa shape index (κ2) is 7.67. The lowest BCUT2D eigenvalue weighted by molar-refractivity contribution is -0.123. The molecular weight excluding hydrogens is 378 g/mol. The minimum absolute atomic E-state index is 0.0268. The number of carbonyl (C=O) groups excluding carboxylic acids is 3. The van der Waals surface area contributed by atoms with Crippen molar-refractivity contribution in [2.75, 3.05) is 7.11 Å². The van der Waals surface area contributed by atoms with E-state index in [-0.39, 0.29) is 28.9 Å². The van der Waals surface area contributed by atoms with Crippen molar-refractivity contribution in [3.8, 4) is 0 Å². The first-order valence-electron chi connectivity index (χ1n) is 8.72. The fourth-order valence-electron chi connectivity index (χ4n) is 2.70. The van der Waals surface area contributed by atoms with Gasteiger partial charge in [-0.3, -0.25) is 14.5 Å². The predicted octanol–water partition coefficient (Wildman–Crippen LogP) is 4.60. The standard InChI is InChI=1S/C21H21NO5S/c1-21(2,3)14-7-5-13(6-8-14)11-17-18(23)22(20(25)28-17)12-15-9-10-16(27-15)19(24)26-4/h5-11H,12H2,1-4H3. The van der Waals surface area contributed by atoms with Crippen LogP contribution in [0.25, 0.3) is 6.08 Å². The molecule has 1 saturated heterocycles. The number of amides is 2. The van der Waals surface area contributed by atoms with Crippen molar-refractivity contribution in [1.82, 2.24) is 4.90 Å². The van der Waals surface area contributed by atoms with Gasteiger partial charge in [0.1, 0.15) is 5.76 Å². The fourth-order valence-corrected chi connectivity index (χ4v) is 3.53. The molecule has 2 amide bonds. The van der Waals surface area contributed by atoms with E-state index in [4.69, 9.17) is 4.42 Å². The van der Waals surface area contributed by atoms with E-state index in [1.807, 2.05) is 24.3 Å². The average Bonchev–Trinajstić information content (AvgIpc) is 3.21. The zero-order valence-electron chi connectivity index (χ0n) is 16.1. The molecule has 0 aliphatic carbocycles. The molecule has 0 radical (unpaired) electrons. The van der Waals surface area contributed by atoms with Gasteiger partial charge in [-0.15, -0.1) is 0 Å². The number of esters is 1. The van der Waals surface area contributed by atoms with E-state index < -0.39 is 5.97 Å². The van der Waals surface area contributed by atoms with Gasteiger partial charge in [-0.2, -0.15) is 0 Å². The molecule has 146 valence electrons. The zero-order valence-corrected chi connectivity index (χ0v) is 17.0. The van der Waals surface area contributed by atoms with Gasteiger partial charge < -0.3 is 9.15 Å². The molecule has 28 heavy (non-hydrogen) atoms. The number of thioether (sulfide) groups is 1. The Kier molecular flexibility index (Phi) is 5.47. The summed E-state index contributed by atoms with van der Waals surface area (Å²) in [5.41, 5.74) is 2.09. The van der Waals surface area contributed by atoms with Gasteiger partial charge in [0.05, 0.1) is 18.6 Å². The monoisotopic (exact) mass is 399 g/mol. The molecule has 2 heterocycles. The lowest BCUT2D eigenvalue weighted by Gasteiger charge is -2.18. The third-order valence-corrected chi connectivity index (χ3v) is 5.22. The Morgan fingerprint density at radius 2 is 1.82 bits per heavy atom. The van der Waals surface area contributed by atoms with E-state index >= 15 is 0 Å². The van der Waals surface area contributed by atoms with Gasteiger partial charge in [-0.1, -0.05) is 45.0 Å². The molecule has 1 fully saturated rings. The summed E-state index contributed by atoms with van der Waals surface area (Å²) < 4.78 is 9.93. The molecule has 1 aromatic heterocycles. The van der Waals surface area contributed by atoms with Crippen LogP contribution in [0.4, 0.5) is 4.79 Å². The Morgan fingerprint density at radius 1 is 1.14 bits per heavy atom. The molecule has 0 N–H and O–H groups in total. The summed E-state index contributed by atoms with van der Waals surface area (Å²) >= 11 is 0.888. The highest BCUT2D eigenvalue weighted by Crippen LogP contribution is 2.34. The lowest BCUT2D eigenvalue weighted by Crippen LogP contribution is -2.27. The van der Waals surface area contributed by atoms with Crippen molar-refractivity contribution in [1.29, 1.82) is 0 Å². The summed E-state index contributed by atoms with van der Waals surface area (Å²) in [5, 5.41) is -0.376. The summed E-state index contributed by atoms with van der Waals surface area (Å²) in [4.78, 5) is 37.8. The largest absolute Gasteiger partial charge is 0.463 e. The molecule has 0 bridgehead atoms. The number of ether oxygens (including phenoxy) is 1. The van der Waals surface area contributed by atoms with Crippen LogP contribution in [-0.4, -0.2) is 29.1 Å². The Labute approximate surface area is 167 Å². The molecule has 0 unspecified atom stereocenters. The van der Waals surface area contributed by atoms with E-state index in [0.29, 0.717) is 10.7 Å². The number of furan rings is 1. The molecule has 3 rings (SSSR count). The van der Waals surface area contributed by atoms with Gasteiger partial charge in [-0.25, -0.2) is 4.79 Å². The Morgan fingerprint density at radius 3 is 2.43 bits per heavy atom. The molecule has 0 spiro atoms. The minimum Gasteiger partial charge on any atom is -0.463 e. The minimum atomic E-state index is -0.612. The topological polar surface area (TPSA) is 76.8 Å². The molecule has 1 aliphatic rings. The molecule has 2 aromatic rings. The average molecular weight is 399 g/mol. The second-order valence-electron chi connectivity index (χ2n) is 7.40. The maximum absolute atomic E-state index is 12.6. The zero-order chi connectivity index (χ0) is 20.5. The number of benzene rings is 1. The van der Waals surface area contributed by atoms with Crippen LogP contribution < -0.4 is 0 Å². The highest BCUT2D eigenvalue weighted by molar-refractivity contribution is 8.18. The first kappa shape index (κ1) is 19.9. The van der Waals surface area contributed by atoms with Crippen LogP contribution in [0.2, 0.25) is 0 Å². The van der Waals surface area contributed by atoms with Crippen molar-refractivity contribution in [2.24, 2.45) is 0 Å². The summed E-state index contributed by atoms with van der Waals surface area (Å²) in [6.07, 6.45) is 1.71. The van der Waals surface area contributed by atoms with Gasteiger partial charge in [0.25, 0.3) is 11.1 Å². The van der Waals surface area contributed by atoms with E-state index in [1.165, 1.54) is 18.7 Å². The Balaban J connectivity index is 1.75. The van der Waals surface area contributed by atoms with Gasteiger partial charge >= 0.3 is 5.97 Å². The van der Waals surface area contributed by atoms with Crippen LogP contribution in [-0.2, 0) is 21.5 Å². The predicted molar refractivity (Wildman–Crippen MR) is 107 cm³/mol. The molecular formula is C21H21NO5S. The van der Waals surface area contributed by atoms with Crippen molar-refractivity contribution < 1.29 is 23.5 Å². The van der Waals surface area contributed by atoms with Crippen LogP contribution >= 0.6 is 11.8 Å². The van der Waals surface area contributed by atoms with Crippen molar-refractivity contribution in [2.45, 2.75) is 32.7 Å². The van der Waals surface area contributed by atoms with E-state index in [0.717, 1.165) is 22.2 Å². The SMILES string of the molecule is COC(=O)c1ccc(CN2C(=O)SC(=Cc3ccc(C(C)(C)C)cc3)C2=O)o1. The summed E-state index contributed by atoms with van der Waals surface area (Å²) in [7, 11) is 1.25.